The van der Waals surface area contributed by atoms with Crippen LogP contribution >= 0.6 is 11.6 Å². The first kappa shape index (κ1) is 21.5. The molecule has 0 aliphatic rings. The SMILES string of the molecule is COc1ccc(CCN(C)CC(=O)Nc2ccc(Cl)cc2[N+](=O)[O-])cc1OC. The molecule has 2 rings (SSSR count). The Hall–Kier alpha value is -2.84. The number of halogens is 1. The smallest absolute Gasteiger partial charge is 0.294 e. The minimum Gasteiger partial charge on any atom is -0.493 e. The van der Waals surface area contributed by atoms with Gasteiger partial charge in [-0.3, -0.25) is 19.8 Å². The number of likely N-dealkylation sites (N-methyl/N-ethyl adjacent to an activating group) is 1. The van der Waals surface area contributed by atoms with Gasteiger partial charge in [-0.05, 0) is 43.3 Å². The monoisotopic (exact) mass is 407 g/mol. The van der Waals surface area contributed by atoms with Gasteiger partial charge in [-0.15, -0.1) is 0 Å². The van der Waals surface area contributed by atoms with Crippen LogP contribution in [0.4, 0.5) is 11.4 Å². The lowest BCUT2D eigenvalue weighted by Crippen LogP contribution is -2.31. The second-order valence-corrected chi connectivity index (χ2v) is 6.58. The van der Waals surface area contributed by atoms with E-state index in [1.165, 1.54) is 18.2 Å². The zero-order valence-corrected chi connectivity index (χ0v) is 16.7. The number of nitro benzene ring substituents is 1. The maximum atomic E-state index is 12.2. The summed E-state index contributed by atoms with van der Waals surface area (Å²) in [5.41, 5.74) is 0.916. The summed E-state index contributed by atoms with van der Waals surface area (Å²) in [6.07, 6.45) is 0.700. The molecule has 2 aromatic rings. The second kappa shape index (κ2) is 9.91. The average Bonchev–Trinajstić information content (AvgIpc) is 2.67. The Morgan fingerprint density at radius 2 is 1.89 bits per heavy atom. The highest BCUT2D eigenvalue weighted by Crippen LogP contribution is 2.28. The van der Waals surface area contributed by atoms with Crippen molar-refractivity contribution in [2.75, 3.05) is 39.7 Å². The molecule has 0 aromatic heterocycles. The maximum absolute atomic E-state index is 12.2. The molecule has 0 saturated carbocycles. The van der Waals surface area contributed by atoms with E-state index in [2.05, 4.69) is 5.32 Å². The highest BCUT2D eigenvalue weighted by molar-refractivity contribution is 6.31. The Kier molecular flexibility index (Phi) is 7.60. The van der Waals surface area contributed by atoms with Gasteiger partial charge in [0.15, 0.2) is 11.5 Å². The number of carbonyl (C=O) groups is 1. The fraction of sp³-hybridized carbons (Fsp3) is 0.316. The normalized spacial score (nSPS) is 10.6. The summed E-state index contributed by atoms with van der Waals surface area (Å²) in [5.74, 6) is 0.958. The number of benzene rings is 2. The van der Waals surface area contributed by atoms with Gasteiger partial charge in [-0.25, -0.2) is 0 Å². The van der Waals surface area contributed by atoms with Crippen molar-refractivity contribution in [3.8, 4) is 11.5 Å². The highest BCUT2D eigenvalue weighted by atomic mass is 35.5. The Bertz CT molecular complexity index is 859. The molecule has 9 heteroatoms. The van der Waals surface area contributed by atoms with Gasteiger partial charge in [0.25, 0.3) is 5.69 Å². The predicted octanol–water partition coefficient (Wildman–Crippen LogP) is 3.38. The number of nitro groups is 1. The topological polar surface area (TPSA) is 93.9 Å². The third-order valence-electron chi connectivity index (χ3n) is 4.07. The molecule has 1 N–H and O–H groups in total. The van der Waals surface area contributed by atoms with Gasteiger partial charge in [0.2, 0.25) is 5.91 Å². The van der Waals surface area contributed by atoms with Gasteiger partial charge in [-0.1, -0.05) is 17.7 Å². The van der Waals surface area contributed by atoms with Crippen LogP contribution in [0.15, 0.2) is 36.4 Å². The van der Waals surface area contributed by atoms with Crippen molar-refractivity contribution in [1.82, 2.24) is 4.90 Å². The van der Waals surface area contributed by atoms with E-state index in [1.807, 2.05) is 23.1 Å². The zero-order chi connectivity index (χ0) is 20.7. The molecule has 150 valence electrons. The lowest BCUT2D eigenvalue weighted by molar-refractivity contribution is -0.383. The second-order valence-electron chi connectivity index (χ2n) is 6.14. The van der Waals surface area contributed by atoms with E-state index in [0.29, 0.717) is 24.5 Å². The van der Waals surface area contributed by atoms with Crippen LogP contribution in [0, 0.1) is 10.1 Å². The number of ether oxygens (including phenoxy) is 2. The molecule has 8 nitrogen and oxygen atoms in total. The predicted molar refractivity (Wildman–Crippen MR) is 107 cm³/mol. The summed E-state index contributed by atoms with van der Waals surface area (Å²) in [7, 11) is 4.96. The number of nitrogens with zero attached hydrogens (tertiary/aromatic N) is 2. The third-order valence-corrected chi connectivity index (χ3v) is 4.31. The van der Waals surface area contributed by atoms with Crippen molar-refractivity contribution < 1.29 is 19.2 Å². The van der Waals surface area contributed by atoms with E-state index >= 15 is 0 Å². The van der Waals surface area contributed by atoms with Gasteiger partial charge in [0, 0.05) is 17.6 Å². The van der Waals surface area contributed by atoms with Crippen LogP contribution < -0.4 is 14.8 Å². The zero-order valence-electron chi connectivity index (χ0n) is 15.9. The highest BCUT2D eigenvalue weighted by Gasteiger charge is 2.17. The Labute approximate surface area is 168 Å². The number of anilines is 1. The van der Waals surface area contributed by atoms with Crippen LogP contribution in [0.1, 0.15) is 5.56 Å². The van der Waals surface area contributed by atoms with Crippen molar-refractivity contribution in [2.45, 2.75) is 6.42 Å². The first-order chi connectivity index (χ1) is 13.3. The average molecular weight is 408 g/mol. The maximum Gasteiger partial charge on any atom is 0.294 e. The van der Waals surface area contributed by atoms with Crippen molar-refractivity contribution in [3.63, 3.8) is 0 Å². The Morgan fingerprint density at radius 1 is 1.18 bits per heavy atom. The lowest BCUT2D eigenvalue weighted by atomic mass is 10.1. The molecule has 0 atom stereocenters. The molecule has 0 aliphatic carbocycles. The molecule has 0 heterocycles. The van der Waals surface area contributed by atoms with Crippen LogP contribution in [0.3, 0.4) is 0 Å². The van der Waals surface area contributed by atoms with Gasteiger partial charge < -0.3 is 14.8 Å². The quantitative estimate of drug-likeness (QED) is 0.506. The summed E-state index contributed by atoms with van der Waals surface area (Å²) in [4.78, 5) is 24.6. The number of rotatable bonds is 9. The summed E-state index contributed by atoms with van der Waals surface area (Å²) in [6.45, 7) is 0.707. The van der Waals surface area contributed by atoms with E-state index in [1.54, 1.807) is 21.3 Å². The molecule has 28 heavy (non-hydrogen) atoms. The van der Waals surface area contributed by atoms with Crippen LogP contribution in [-0.2, 0) is 11.2 Å². The van der Waals surface area contributed by atoms with Gasteiger partial charge in [-0.2, -0.15) is 0 Å². The fourth-order valence-electron chi connectivity index (χ4n) is 2.63. The molecule has 0 radical (unpaired) electrons. The van der Waals surface area contributed by atoms with Crippen molar-refractivity contribution in [2.24, 2.45) is 0 Å². The van der Waals surface area contributed by atoms with Crippen molar-refractivity contribution >= 4 is 28.9 Å². The molecule has 1 amide bonds. The third kappa shape index (κ3) is 5.83. The Balaban J connectivity index is 1.92. The summed E-state index contributed by atoms with van der Waals surface area (Å²) in [5, 5.41) is 13.9. The lowest BCUT2D eigenvalue weighted by Gasteiger charge is -2.17. The van der Waals surface area contributed by atoms with Gasteiger partial charge in [0.05, 0.1) is 25.7 Å². The fourth-order valence-corrected chi connectivity index (χ4v) is 2.80. The van der Waals surface area contributed by atoms with E-state index in [4.69, 9.17) is 21.1 Å². The van der Waals surface area contributed by atoms with Crippen LogP contribution in [-0.4, -0.2) is 50.1 Å². The summed E-state index contributed by atoms with van der Waals surface area (Å²) < 4.78 is 10.5. The van der Waals surface area contributed by atoms with Crippen molar-refractivity contribution in [1.29, 1.82) is 0 Å². The first-order valence-electron chi connectivity index (χ1n) is 8.47. The molecule has 0 spiro atoms. The molecule has 0 bridgehead atoms. The van der Waals surface area contributed by atoms with Crippen molar-refractivity contribution in [3.05, 3.63) is 57.1 Å². The van der Waals surface area contributed by atoms with Crippen LogP contribution in [0.2, 0.25) is 5.02 Å². The van der Waals surface area contributed by atoms with Gasteiger partial charge in [0.1, 0.15) is 5.69 Å². The Morgan fingerprint density at radius 3 is 2.54 bits per heavy atom. The standard InChI is InChI=1S/C19H22ClN3O5/c1-22(9-8-13-4-7-17(27-2)18(10-13)28-3)12-19(24)21-15-6-5-14(20)11-16(15)23(25)26/h4-7,10-11H,8-9,12H2,1-3H3,(H,21,24). The molecular formula is C19H22ClN3O5. The minimum atomic E-state index is -0.581. The van der Waals surface area contributed by atoms with E-state index < -0.39 is 4.92 Å². The van der Waals surface area contributed by atoms with E-state index in [9.17, 15) is 14.9 Å². The van der Waals surface area contributed by atoms with Crippen LogP contribution in [0.5, 0.6) is 11.5 Å². The molecule has 0 fully saturated rings. The number of hydrogen-bond donors (Lipinski definition) is 1. The first-order valence-corrected chi connectivity index (χ1v) is 8.85. The molecular weight excluding hydrogens is 386 g/mol. The molecule has 0 aliphatic heterocycles. The molecule has 0 unspecified atom stereocenters. The number of carbonyl (C=O) groups excluding carboxylic acids is 1. The molecule has 2 aromatic carbocycles. The van der Waals surface area contributed by atoms with E-state index in [-0.39, 0.29) is 28.8 Å². The number of methoxy groups -OCH3 is 2. The summed E-state index contributed by atoms with van der Waals surface area (Å²) >= 11 is 5.78. The molecule has 0 saturated heterocycles. The van der Waals surface area contributed by atoms with Crippen LogP contribution in [0.25, 0.3) is 0 Å². The van der Waals surface area contributed by atoms with Gasteiger partial charge >= 0.3 is 0 Å². The number of nitrogens with one attached hydrogen (secondary N) is 1. The largest absolute Gasteiger partial charge is 0.493 e. The summed E-state index contributed by atoms with van der Waals surface area (Å²) in [6, 6.07) is 9.78. The minimum absolute atomic E-state index is 0.0903. The number of hydrogen-bond acceptors (Lipinski definition) is 6. The van der Waals surface area contributed by atoms with E-state index in [0.717, 1.165) is 5.56 Å². The number of amides is 1.